The number of hydrogen-bond acceptors (Lipinski definition) is 4. The van der Waals surface area contributed by atoms with Crippen molar-refractivity contribution in [3.05, 3.63) is 58.6 Å². The van der Waals surface area contributed by atoms with Crippen LogP contribution in [0.25, 0.3) is 0 Å². The molecule has 0 saturated carbocycles. The van der Waals surface area contributed by atoms with E-state index in [4.69, 9.17) is 17.3 Å². The number of nitrogens with two attached hydrogens (primary N) is 1. The third-order valence-electron chi connectivity index (χ3n) is 3.96. The van der Waals surface area contributed by atoms with E-state index in [1.165, 1.54) is 4.90 Å². The molecule has 0 atom stereocenters. The predicted octanol–water partition coefficient (Wildman–Crippen LogP) is 2.73. The number of carbonyl (C=O) groups excluding carboxylic acids is 3. The number of halogens is 1. The van der Waals surface area contributed by atoms with E-state index in [0.717, 1.165) is 0 Å². The van der Waals surface area contributed by atoms with Gasteiger partial charge in [0.05, 0.1) is 21.8 Å². The van der Waals surface area contributed by atoms with Crippen LogP contribution in [0.4, 0.5) is 16.2 Å². The molecule has 0 unspecified atom stereocenters. The quantitative estimate of drug-likeness (QED) is 0.426. The first kappa shape index (κ1) is 17.8. The minimum atomic E-state index is -0.431. The van der Waals surface area contributed by atoms with Crippen LogP contribution in [0.2, 0.25) is 5.02 Å². The standard InChI is InChI=1S/C18H17ClN4O3/c19-14-10-11(20)6-7-15(14)22-18(26)21-8-3-9-23-16(24)12-4-1-2-5-13(12)17(23)25/h1-2,4-7,10H,3,8-9,20H2,(H2,21,22,26). The van der Waals surface area contributed by atoms with E-state index in [1.54, 1.807) is 42.5 Å². The normalized spacial score (nSPS) is 12.9. The molecule has 0 radical (unpaired) electrons. The molecular weight excluding hydrogens is 356 g/mol. The topological polar surface area (TPSA) is 105 Å². The van der Waals surface area contributed by atoms with E-state index >= 15 is 0 Å². The Bertz CT molecular complexity index is 849. The zero-order chi connectivity index (χ0) is 18.7. The number of fused-ring (bicyclic) bond motifs is 1. The third kappa shape index (κ3) is 3.62. The van der Waals surface area contributed by atoms with Crippen LogP contribution in [0.1, 0.15) is 27.1 Å². The molecule has 2 aromatic rings. The Morgan fingerprint density at radius 2 is 1.73 bits per heavy atom. The SMILES string of the molecule is Nc1ccc(NC(=O)NCCCN2C(=O)c3ccccc3C2=O)c(Cl)c1. The molecule has 4 amide bonds. The number of nitrogens with one attached hydrogen (secondary N) is 2. The van der Waals surface area contributed by atoms with Gasteiger partial charge in [-0.25, -0.2) is 4.79 Å². The minimum absolute atomic E-state index is 0.231. The molecule has 0 bridgehead atoms. The molecule has 7 nitrogen and oxygen atoms in total. The summed E-state index contributed by atoms with van der Waals surface area (Å²) in [4.78, 5) is 37.5. The molecule has 1 aliphatic heterocycles. The number of urea groups is 1. The van der Waals surface area contributed by atoms with E-state index < -0.39 is 6.03 Å². The summed E-state index contributed by atoms with van der Waals surface area (Å²) in [6.07, 6.45) is 0.439. The van der Waals surface area contributed by atoms with Crippen LogP contribution < -0.4 is 16.4 Å². The summed E-state index contributed by atoms with van der Waals surface area (Å²) >= 11 is 5.99. The maximum atomic E-state index is 12.2. The minimum Gasteiger partial charge on any atom is -0.399 e. The number of amides is 4. The van der Waals surface area contributed by atoms with Crippen LogP contribution in [0, 0.1) is 0 Å². The average Bonchev–Trinajstić information content (AvgIpc) is 2.86. The van der Waals surface area contributed by atoms with E-state index in [0.29, 0.717) is 40.5 Å². The highest BCUT2D eigenvalue weighted by Crippen LogP contribution is 2.24. The van der Waals surface area contributed by atoms with Crippen LogP contribution >= 0.6 is 11.6 Å². The first-order chi connectivity index (χ1) is 12.5. The number of nitrogen functional groups attached to an aromatic ring is 1. The van der Waals surface area contributed by atoms with Crippen LogP contribution in [0.5, 0.6) is 0 Å². The van der Waals surface area contributed by atoms with Crippen molar-refractivity contribution in [1.82, 2.24) is 10.2 Å². The summed E-state index contributed by atoms with van der Waals surface area (Å²) in [7, 11) is 0. The molecule has 26 heavy (non-hydrogen) atoms. The number of hydrogen-bond donors (Lipinski definition) is 3. The number of carbonyl (C=O) groups is 3. The zero-order valence-electron chi connectivity index (χ0n) is 13.8. The van der Waals surface area contributed by atoms with Gasteiger partial charge in [0.25, 0.3) is 11.8 Å². The third-order valence-corrected chi connectivity index (χ3v) is 4.28. The molecular formula is C18H17ClN4O3. The van der Waals surface area contributed by atoms with E-state index in [2.05, 4.69) is 10.6 Å². The molecule has 1 aliphatic rings. The van der Waals surface area contributed by atoms with Gasteiger partial charge < -0.3 is 16.4 Å². The molecule has 0 spiro atoms. The van der Waals surface area contributed by atoms with Gasteiger partial charge in [0.1, 0.15) is 0 Å². The summed E-state index contributed by atoms with van der Waals surface area (Å²) in [6.45, 7) is 0.529. The van der Waals surface area contributed by atoms with E-state index in [-0.39, 0.29) is 18.4 Å². The monoisotopic (exact) mass is 372 g/mol. The van der Waals surface area contributed by atoms with Crippen molar-refractivity contribution >= 4 is 40.8 Å². The Morgan fingerprint density at radius 1 is 1.08 bits per heavy atom. The number of anilines is 2. The Morgan fingerprint density at radius 3 is 2.35 bits per heavy atom. The summed E-state index contributed by atoms with van der Waals surface area (Å²) < 4.78 is 0. The van der Waals surface area contributed by atoms with Gasteiger partial charge in [-0.3, -0.25) is 14.5 Å². The van der Waals surface area contributed by atoms with Gasteiger partial charge in [-0.2, -0.15) is 0 Å². The van der Waals surface area contributed by atoms with Gasteiger partial charge in [0.15, 0.2) is 0 Å². The van der Waals surface area contributed by atoms with Crippen LogP contribution in [0.3, 0.4) is 0 Å². The lowest BCUT2D eigenvalue weighted by atomic mass is 10.1. The molecule has 1 heterocycles. The highest BCUT2D eigenvalue weighted by atomic mass is 35.5. The van der Waals surface area contributed by atoms with Crippen molar-refractivity contribution in [2.75, 3.05) is 24.1 Å². The second-order valence-corrected chi connectivity index (χ2v) is 6.19. The van der Waals surface area contributed by atoms with Crippen molar-refractivity contribution in [3.63, 3.8) is 0 Å². The molecule has 0 saturated heterocycles. The summed E-state index contributed by atoms with van der Waals surface area (Å²) in [5, 5.41) is 5.61. The number of nitrogens with zero attached hydrogens (tertiary/aromatic N) is 1. The lowest BCUT2D eigenvalue weighted by molar-refractivity contribution is 0.0653. The van der Waals surface area contributed by atoms with Gasteiger partial charge >= 0.3 is 6.03 Å². The fourth-order valence-electron chi connectivity index (χ4n) is 2.68. The maximum absolute atomic E-state index is 12.2. The summed E-state index contributed by atoms with van der Waals surface area (Å²) in [5.41, 5.74) is 7.38. The van der Waals surface area contributed by atoms with Gasteiger partial charge in [0.2, 0.25) is 0 Å². The van der Waals surface area contributed by atoms with Gasteiger partial charge in [-0.05, 0) is 36.8 Å². The second-order valence-electron chi connectivity index (χ2n) is 5.78. The van der Waals surface area contributed by atoms with Crippen molar-refractivity contribution in [2.45, 2.75) is 6.42 Å². The molecule has 8 heteroatoms. The first-order valence-corrected chi connectivity index (χ1v) is 8.40. The molecule has 3 rings (SSSR count). The Kier molecular flexibility index (Phi) is 5.09. The van der Waals surface area contributed by atoms with Crippen molar-refractivity contribution in [2.24, 2.45) is 0 Å². The highest BCUT2D eigenvalue weighted by molar-refractivity contribution is 6.34. The van der Waals surface area contributed by atoms with Crippen molar-refractivity contribution in [1.29, 1.82) is 0 Å². The number of rotatable bonds is 5. The van der Waals surface area contributed by atoms with Crippen molar-refractivity contribution < 1.29 is 14.4 Å². The molecule has 4 N–H and O–H groups in total. The Labute approximate surface area is 155 Å². The predicted molar refractivity (Wildman–Crippen MR) is 99.3 cm³/mol. The number of benzene rings is 2. The lowest BCUT2D eigenvalue weighted by Crippen LogP contribution is -2.35. The van der Waals surface area contributed by atoms with E-state index in [9.17, 15) is 14.4 Å². The van der Waals surface area contributed by atoms with Crippen LogP contribution in [-0.4, -0.2) is 35.8 Å². The first-order valence-electron chi connectivity index (χ1n) is 8.02. The average molecular weight is 373 g/mol. The Balaban J connectivity index is 1.47. The van der Waals surface area contributed by atoms with Gasteiger partial charge in [0, 0.05) is 18.8 Å². The van der Waals surface area contributed by atoms with Gasteiger partial charge in [-0.1, -0.05) is 23.7 Å². The fourth-order valence-corrected chi connectivity index (χ4v) is 2.92. The van der Waals surface area contributed by atoms with E-state index in [1.807, 2.05) is 0 Å². The van der Waals surface area contributed by atoms with Crippen molar-refractivity contribution in [3.8, 4) is 0 Å². The van der Waals surface area contributed by atoms with Gasteiger partial charge in [-0.15, -0.1) is 0 Å². The molecule has 0 aliphatic carbocycles. The fraction of sp³-hybridized carbons (Fsp3) is 0.167. The zero-order valence-corrected chi connectivity index (χ0v) is 14.5. The summed E-state index contributed by atoms with van der Waals surface area (Å²) in [6, 6.07) is 11.1. The molecule has 0 fully saturated rings. The molecule has 134 valence electrons. The Hall–Kier alpha value is -3.06. The molecule has 0 aromatic heterocycles. The number of imide groups is 1. The van der Waals surface area contributed by atoms with Crippen LogP contribution in [-0.2, 0) is 0 Å². The molecule has 2 aromatic carbocycles. The summed E-state index contributed by atoms with van der Waals surface area (Å²) in [5.74, 6) is -0.604. The smallest absolute Gasteiger partial charge is 0.319 e. The maximum Gasteiger partial charge on any atom is 0.319 e. The second kappa shape index (κ2) is 7.45. The largest absolute Gasteiger partial charge is 0.399 e. The van der Waals surface area contributed by atoms with Crippen LogP contribution in [0.15, 0.2) is 42.5 Å². The lowest BCUT2D eigenvalue weighted by Gasteiger charge is -2.14. The highest BCUT2D eigenvalue weighted by Gasteiger charge is 2.34.